The van der Waals surface area contributed by atoms with E-state index in [-0.39, 0.29) is 24.8 Å². The Balaban J connectivity index is 0.000000250. The monoisotopic (exact) mass is 636 g/mol. The Kier molecular flexibility index (Phi) is 14.4. The van der Waals surface area contributed by atoms with Gasteiger partial charge in [0, 0.05) is 0 Å². The normalized spacial score (nSPS) is 18.7. The SMILES string of the molecule is [Cl-].[Cl-].[Zr+2]=[C]1CCCCC1.[c-]1cc(C2CCCCC2)cc2c1Cc1ccc(C3CCCCC3)cc1-2.c1cc[cH-]c1. The van der Waals surface area contributed by atoms with E-state index in [1.54, 1.807) is 38.6 Å². The molecule has 0 nitrogen and oxygen atoms in total. The first-order valence-electron chi connectivity index (χ1n) is 15.2. The molecule has 7 rings (SSSR count). The quantitative estimate of drug-likeness (QED) is 0.289. The third kappa shape index (κ3) is 9.31. The number of halogens is 2. The van der Waals surface area contributed by atoms with E-state index in [0.717, 1.165) is 18.3 Å². The van der Waals surface area contributed by atoms with Gasteiger partial charge in [0.05, 0.1) is 0 Å². The summed E-state index contributed by atoms with van der Waals surface area (Å²) in [7, 11) is 0. The number of hydrogen-bond donors (Lipinski definition) is 0. The Bertz CT molecular complexity index is 1030. The summed E-state index contributed by atoms with van der Waals surface area (Å²) in [5.74, 6) is 1.58. The van der Waals surface area contributed by atoms with Crippen LogP contribution in [-0.2, 0) is 30.7 Å². The molecule has 3 fully saturated rings. The van der Waals surface area contributed by atoms with Crippen molar-refractivity contribution in [3.8, 4) is 11.1 Å². The van der Waals surface area contributed by atoms with Gasteiger partial charge in [0.15, 0.2) is 0 Å². The van der Waals surface area contributed by atoms with Crippen LogP contribution in [0.5, 0.6) is 0 Å². The van der Waals surface area contributed by atoms with Crippen molar-refractivity contribution >= 4 is 3.21 Å². The first-order valence-corrected chi connectivity index (χ1v) is 16.4. The fourth-order valence-corrected chi connectivity index (χ4v) is 7.65. The molecule has 39 heavy (non-hydrogen) atoms. The van der Waals surface area contributed by atoms with Crippen molar-refractivity contribution in [3.63, 3.8) is 0 Å². The second kappa shape index (κ2) is 17.2. The van der Waals surface area contributed by atoms with Gasteiger partial charge in [-0.2, -0.15) is 47.5 Å². The maximum Gasteiger partial charge on any atom is -0.0162 e. The molecule has 0 aromatic heterocycles. The molecule has 0 spiro atoms. The van der Waals surface area contributed by atoms with Gasteiger partial charge in [-0.05, 0) is 30.7 Å². The number of hydrogen-bond acceptors (Lipinski definition) is 0. The molecule has 0 radical (unpaired) electrons. The van der Waals surface area contributed by atoms with Crippen LogP contribution >= 0.6 is 0 Å². The van der Waals surface area contributed by atoms with Crippen molar-refractivity contribution in [2.24, 2.45) is 0 Å². The van der Waals surface area contributed by atoms with Crippen molar-refractivity contribution in [2.45, 2.75) is 115 Å². The molecule has 3 heteroatoms. The van der Waals surface area contributed by atoms with Gasteiger partial charge in [0.25, 0.3) is 0 Å². The van der Waals surface area contributed by atoms with E-state index in [4.69, 9.17) is 0 Å². The van der Waals surface area contributed by atoms with Crippen molar-refractivity contribution in [1.29, 1.82) is 0 Å². The zero-order valence-corrected chi connectivity index (χ0v) is 27.5. The molecular formula is C36H44Cl2Zr-2. The summed E-state index contributed by atoms with van der Waals surface area (Å²) < 4.78 is 1.80. The minimum Gasteiger partial charge on any atom is -0.214 e. The van der Waals surface area contributed by atoms with E-state index in [2.05, 4.69) is 36.4 Å². The molecule has 3 aromatic carbocycles. The maximum atomic E-state index is 3.66. The second-order valence-corrected chi connectivity index (χ2v) is 13.5. The van der Waals surface area contributed by atoms with E-state index in [0.29, 0.717) is 0 Å². The maximum absolute atomic E-state index is 3.66. The second-order valence-electron chi connectivity index (χ2n) is 11.7. The standard InChI is InChI=1S/C25H29.C6H10.C5H5.2ClH.Zr/c1-3-7-18(8-4-1)20-11-13-22-15-23-14-12-21(17-25(23)24(22)16-20)19-9-5-2-6-10-19;1-2-4-6-5-3-1;1-2-4-5-3-1;;;/h11-13,16-19H,1-10,15H2;1-5H2;1-5H;2*1H;/q-1;;-1;;;+2/p-2. The Morgan fingerprint density at radius 2 is 1.23 bits per heavy atom. The molecule has 0 N–H and O–H groups in total. The van der Waals surface area contributed by atoms with Gasteiger partial charge in [-0.25, -0.2) is 12.1 Å². The van der Waals surface area contributed by atoms with Crippen molar-refractivity contribution in [2.75, 3.05) is 0 Å². The summed E-state index contributed by atoms with van der Waals surface area (Å²) in [6.07, 6.45) is 22.4. The summed E-state index contributed by atoms with van der Waals surface area (Å²) in [6.45, 7) is 0. The third-order valence-electron chi connectivity index (χ3n) is 9.01. The van der Waals surface area contributed by atoms with E-state index >= 15 is 0 Å². The molecule has 0 bridgehead atoms. The van der Waals surface area contributed by atoms with E-state index in [9.17, 15) is 0 Å². The predicted octanol–water partition coefficient (Wildman–Crippen LogP) is 4.24. The molecule has 4 aliphatic rings. The summed E-state index contributed by atoms with van der Waals surface area (Å²) in [5.41, 5.74) is 9.11. The molecule has 0 saturated heterocycles. The van der Waals surface area contributed by atoms with Gasteiger partial charge < -0.3 is 24.8 Å². The Morgan fingerprint density at radius 1 is 0.667 bits per heavy atom. The minimum atomic E-state index is 0. The number of benzene rings is 2. The van der Waals surface area contributed by atoms with Crippen LogP contribution in [0.2, 0.25) is 0 Å². The third-order valence-corrected chi connectivity index (χ3v) is 10.2. The summed E-state index contributed by atoms with van der Waals surface area (Å²) in [5, 5.41) is 0. The zero-order valence-electron chi connectivity index (χ0n) is 23.5. The minimum absolute atomic E-state index is 0. The van der Waals surface area contributed by atoms with Gasteiger partial charge in [-0.1, -0.05) is 86.6 Å². The molecule has 0 amide bonds. The van der Waals surface area contributed by atoms with Gasteiger partial charge in [0.1, 0.15) is 0 Å². The number of rotatable bonds is 2. The molecule has 208 valence electrons. The van der Waals surface area contributed by atoms with E-state index < -0.39 is 0 Å². The van der Waals surface area contributed by atoms with Crippen LogP contribution in [0.4, 0.5) is 0 Å². The molecule has 0 atom stereocenters. The largest absolute Gasteiger partial charge is 0.214 e. The van der Waals surface area contributed by atoms with Gasteiger partial charge in [0.2, 0.25) is 0 Å². The molecule has 0 unspecified atom stereocenters. The van der Waals surface area contributed by atoms with Crippen LogP contribution in [0.15, 0.2) is 60.7 Å². The van der Waals surface area contributed by atoms with E-state index in [1.165, 1.54) is 119 Å². The summed E-state index contributed by atoms with van der Waals surface area (Å²) in [6, 6.07) is 25.9. The zero-order chi connectivity index (χ0) is 25.3. The van der Waals surface area contributed by atoms with Gasteiger partial charge in [-0.15, -0.1) is 5.56 Å². The summed E-state index contributed by atoms with van der Waals surface area (Å²) >= 11 is 1.69. The first-order chi connectivity index (χ1) is 18.3. The van der Waals surface area contributed by atoms with Crippen LogP contribution in [-0.4, -0.2) is 3.21 Å². The molecule has 0 heterocycles. The molecule has 3 aromatic rings. The average molecular weight is 639 g/mol. The first kappa shape index (κ1) is 32.6. The van der Waals surface area contributed by atoms with Crippen LogP contribution in [0.1, 0.15) is 130 Å². The fraction of sp³-hybridized carbons (Fsp3) is 0.500. The van der Waals surface area contributed by atoms with Crippen LogP contribution in [0, 0.1) is 6.07 Å². The average Bonchev–Trinajstić information content (AvgIpc) is 3.66. The number of fused-ring (bicyclic) bond motifs is 3. The molecule has 0 aliphatic heterocycles. The Hall–Kier alpha value is -0.877. The van der Waals surface area contributed by atoms with E-state index in [1.807, 2.05) is 30.3 Å². The fourth-order valence-electron chi connectivity index (χ4n) is 6.78. The smallest absolute Gasteiger partial charge is 0.0162 e. The summed E-state index contributed by atoms with van der Waals surface area (Å²) in [4.78, 5) is 0. The molecule has 3 saturated carbocycles. The van der Waals surface area contributed by atoms with Crippen molar-refractivity contribution in [1.82, 2.24) is 0 Å². The van der Waals surface area contributed by atoms with Crippen molar-refractivity contribution < 1.29 is 49.0 Å². The Morgan fingerprint density at radius 3 is 1.77 bits per heavy atom. The topological polar surface area (TPSA) is 0 Å². The van der Waals surface area contributed by atoms with Crippen LogP contribution in [0.25, 0.3) is 11.1 Å². The predicted molar refractivity (Wildman–Crippen MR) is 155 cm³/mol. The van der Waals surface area contributed by atoms with Crippen LogP contribution in [0.3, 0.4) is 0 Å². The van der Waals surface area contributed by atoms with Gasteiger partial charge in [-0.3, -0.25) is 0 Å². The molecule has 4 aliphatic carbocycles. The van der Waals surface area contributed by atoms with Crippen LogP contribution < -0.4 is 24.8 Å². The molecular weight excluding hydrogens is 595 g/mol. The van der Waals surface area contributed by atoms with Gasteiger partial charge >= 0.3 is 59.5 Å². The van der Waals surface area contributed by atoms with Crippen molar-refractivity contribution in [3.05, 3.63) is 89.0 Å². The Labute approximate surface area is 265 Å².